The van der Waals surface area contributed by atoms with Crippen LogP contribution in [0.25, 0.3) is 0 Å². The van der Waals surface area contributed by atoms with Crippen LogP contribution < -0.4 is 11.1 Å². The normalized spacial score (nSPS) is 10.6. The Kier molecular flexibility index (Phi) is 4.12. The maximum atomic E-state index is 12.1. The van der Waals surface area contributed by atoms with E-state index in [9.17, 15) is 19.7 Å². The third-order valence-corrected chi connectivity index (χ3v) is 3.27. The minimum atomic E-state index is -0.734. The Morgan fingerprint density at radius 1 is 1.43 bits per heavy atom. The van der Waals surface area contributed by atoms with Gasteiger partial charge in [-0.15, -0.1) is 0 Å². The van der Waals surface area contributed by atoms with Crippen molar-refractivity contribution in [2.45, 2.75) is 20.4 Å². The number of aromatic nitrogens is 4. The number of nitrogens with one attached hydrogen (secondary N) is 1. The number of aryl methyl sites for hydroxylation is 2. The zero-order chi connectivity index (χ0) is 17.3. The van der Waals surface area contributed by atoms with E-state index in [2.05, 4.69) is 15.5 Å². The molecular formula is C12H15N7O4. The molecule has 0 spiro atoms. The predicted octanol–water partition coefficient (Wildman–Crippen LogP) is -0.121. The lowest BCUT2D eigenvalue weighted by atomic mass is 10.3. The topological polar surface area (TPSA) is 151 Å². The van der Waals surface area contributed by atoms with Crippen LogP contribution in [0.1, 0.15) is 21.9 Å². The molecule has 3 N–H and O–H groups in total. The largest absolute Gasteiger partial charge is 0.364 e. The molecule has 2 heterocycles. The van der Waals surface area contributed by atoms with Crippen molar-refractivity contribution in [2.75, 3.05) is 5.32 Å². The molecule has 0 aliphatic carbocycles. The first-order chi connectivity index (χ1) is 10.7. The Morgan fingerprint density at radius 3 is 2.61 bits per heavy atom. The highest BCUT2D eigenvalue weighted by Gasteiger charge is 2.23. The van der Waals surface area contributed by atoms with E-state index in [4.69, 9.17) is 5.73 Å². The zero-order valence-corrected chi connectivity index (χ0v) is 12.7. The van der Waals surface area contributed by atoms with Crippen LogP contribution >= 0.6 is 0 Å². The number of nitrogens with two attached hydrogens (primary N) is 1. The first-order valence-electron chi connectivity index (χ1n) is 6.52. The molecule has 0 unspecified atom stereocenters. The minimum absolute atomic E-state index is 0.0534. The fraction of sp³-hybridized carbons (Fsp3) is 0.333. The van der Waals surface area contributed by atoms with Gasteiger partial charge in [0.2, 0.25) is 5.91 Å². The van der Waals surface area contributed by atoms with Crippen LogP contribution in [0.5, 0.6) is 0 Å². The highest BCUT2D eigenvalue weighted by Crippen LogP contribution is 2.21. The molecule has 0 fully saturated rings. The number of amides is 2. The lowest BCUT2D eigenvalue weighted by Gasteiger charge is -2.06. The minimum Gasteiger partial charge on any atom is -0.364 e. The molecule has 0 saturated heterocycles. The number of carbonyl (C=O) groups is 2. The van der Waals surface area contributed by atoms with Gasteiger partial charge in [-0.1, -0.05) is 0 Å². The molecule has 2 amide bonds. The molecule has 0 aliphatic rings. The first-order valence-corrected chi connectivity index (χ1v) is 6.52. The molecule has 0 bridgehead atoms. The Labute approximate surface area is 130 Å². The van der Waals surface area contributed by atoms with E-state index in [1.165, 1.54) is 36.5 Å². The van der Waals surface area contributed by atoms with Gasteiger partial charge in [0.1, 0.15) is 23.6 Å². The number of rotatable bonds is 5. The molecule has 0 aromatic carbocycles. The SMILES string of the molecule is Cc1nn(CC(=O)Nc2cnn(C)c2C(N)=O)c(C)c1[N+](=O)[O-]. The van der Waals surface area contributed by atoms with Crippen LogP contribution in [0, 0.1) is 24.0 Å². The summed E-state index contributed by atoms with van der Waals surface area (Å²) in [6.07, 6.45) is 1.29. The van der Waals surface area contributed by atoms with Gasteiger partial charge in [-0.25, -0.2) is 0 Å². The van der Waals surface area contributed by atoms with Crippen molar-refractivity contribution >= 4 is 23.2 Å². The number of nitrogens with zero attached hydrogens (tertiary/aromatic N) is 5. The van der Waals surface area contributed by atoms with Gasteiger partial charge in [-0.05, 0) is 13.8 Å². The second-order valence-electron chi connectivity index (χ2n) is 4.88. The van der Waals surface area contributed by atoms with Crippen LogP contribution in [0.15, 0.2) is 6.20 Å². The van der Waals surface area contributed by atoms with E-state index in [1.807, 2.05) is 0 Å². The lowest BCUT2D eigenvalue weighted by Crippen LogP contribution is -2.23. The van der Waals surface area contributed by atoms with E-state index >= 15 is 0 Å². The van der Waals surface area contributed by atoms with Crippen molar-refractivity contribution in [1.29, 1.82) is 0 Å². The molecule has 2 rings (SSSR count). The average molecular weight is 321 g/mol. The molecule has 0 radical (unpaired) electrons. The summed E-state index contributed by atoms with van der Waals surface area (Å²) in [5.74, 6) is -1.25. The maximum absolute atomic E-state index is 12.1. The predicted molar refractivity (Wildman–Crippen MR) is 78.7 cm³/mol. The third-order valence-electron chi connectivity index (χ3n) is 3.27. The van der Waals surface area contributed by atoms with Crippen LogP contribution in [0.3, 0.4) is 0 Å². The number of hydrogen-bond donors (Lipinski definition) is 2. The average Bonchev–Trinajstić information content (AvgIpc) is 2.90. The van der Waals surface area contributed by atoms with E-state index in [0.29, 0.717) is 0 Å². The third kappa shape index (κ3) is 3.02. The Bertz CT molecular complexity index is 805. The van der Waals surface area contributed by atoms with Gasteiger partial charge in [0.05, 0.1) is 16.8 Å². The summed E-state index contributed by atoms with van der Waals surface area (Å²) < 4.78 is 2.47. The fourth-order valence-electron chi connectivity index (χ4n) is 2.25. The van der Waals surface area contributed by atoms with Gasteiger partial charge in [-0.2, -0.15) is 10.2 Å². The van der Waals surface area contributed by atoms with Gasteiger partial charge < -0.3 is 11.1 Å². The van der Waals surface area contributed by atoms with Gasteiger partial charge >= 0.3 is 5.69 Å². The second-order valence-corrected chi connectivity index (χ2v) is 4.88. The summed E-state index contributed by atoms with van der Waals surface area (Å²) in [5.41, 5.74) is 5.81. The summed E-state index contributed by atoms with van der Waals surface area (Å²) in [7, 11) is 1.51. The van der Waals surface area contributed by atoms with Crippen molar-refractivity contribution in [1.82, 2.24) is 19.6 Å². The lowest BCUT2D eigenvalue weighted by molar-refractivity contribution is -0.386. The Balaban J connectivity index is 2.20. The first kappa shape index (κ1) is 16.1. The summed E-state index contributed by atoms with van der Waals surface area (Å²) in [5, 5.41) is 21.3. The maximum Gasteiger partial charge on any atom is 0.312 e. The van der Waals surface area contributed by atoms with Crippen LogP contribution in [0.4, 0.5) is 11.4 Å². The smallest absolute Gasteiger partial charge is 0.312 e. The monoisotopic (exact) mass is 321 g/mol. The number of nitro groups is 1. The number of hydrogen-bond acceptors (Lipinski definition) is 6. The van der Waals surface area contributed by atoms with Crippen molar-refractivity contribution in [2.24, 2.45) is 12.8 Å². The van der Waals surface area contributed by atoms with Crippen molar-refractivity contribution < 1.29 is 14.5 Å². The quantitative estimate of drug-likeness (QED) is 0.578. The molecule has 0 saturated carbocycles. The summed E-state index contributed by atoms with van der Waals surface area (Å²) in [4.78, 5) is 33.8. The molecule has 2 aromatic rings. The molecule has 0 atom stereocenters. The van der Waals surface area contributed by atoms with E-state index < -0.39 is 16.7 Å². The molecular weight excluding hydrogens is 306 g/mol. The standard InChI is InChI=1S/C12H15N7O4/c1-6-10(19(22)23)7(2)18(16-6)5-9(20)15-8-4-14-17(3)11(8)12(13)21/h4H,5H2,1-3H3,(H2,13,21)(H,15,20). The fourth-order valence-corrected chi connectivity index (χ4v) is 2.25. The molecule has 122 valence electrons. The van der Waals surface area contributed by atoms with Crippen molar-refractivity contribution in [3.63, 3.8) is 0 Å². The zero-order valence-electron chi connectivity index (χ0n) is 12.7. The molecule has 23 heavy (non-hydrogen) atoms. The number of primary amides is 1. The van der Waals surface area contributed by atoms with Gasteiger partial charge in [0, 0.05) is 7.05 Å². The summed E-state index contributed by atoms with van der Waals surface area (Å²) in [6.45, 7) is 2.75. The number of anilines is 1. The van der Waals surface area contributed by atoms with E-state index in [1.54, 1.807) is 0 Å². The molecule has 0 aliphatic heterocycles. The highest BCUT2D eigenvalue weighted by atomic mass is 16.6. The van der Waals surface area contributed by atoms with Gasteiger partial charge in [0.15, 0.2) is 0 Å². The van der Waals surface area contributed by atoms with Gasteiger partial charge in [-0.3, -0.25) is 29.1 Å². The molecule has 2 aromatic heterocycles. The second kappa shape index (κ2) is 5.87. The van der Waals surface area contributed by atoms with Crippen LogP contribution in [0.2, 0.25) is 0 Å². The Hall–Kier alpha value is -3.24. The van der Waals surface area contributed by atoms with Crippen molar-refractivity contribution in [3.05, 3.63) is 33.4 Å². The number of carbonyl (C=O) groups excluding carboxylic acids is 2. The molecule has 11 heteroatoms. The summed E-state index contributed by atoms with van der Waals surface area (Å²) in [6, 6.07) is 0. The van der Waals surface area contributed by atoms with Crippen LogP contribution in [-0.4, -0.2) is 36.3 Å². The van der Waals surface area contributed by atoms with Crippen molar-refractivity contribution in [3.8, 4) is 0 Å². The Morgan fingerprint density at radius 2 is 2.09 bits per heavy atom. The molecule has 11 nitrogen and oxygen atoms in total. The van der Waals surface area contributed by atoms with E-state index in [-0.39, 0.29) is 35.0 Å². The van der Waals surface area contributed by atoms with E-state index in [0.717, 1.165) is 0 Å². The van der Waals surface area contributed by atoms with Gasteiger partial charge in [0.25, 0.3) is 5.91 Å². The highest BCUT2D eigenvalue weighted by molar-refractivity contribution is 6.01. The van der Waals surface area contributed by atoms with Crippen LogP contribution in [-0.2, 0) is 18.4 Å². The summed E-state index contributed by atoms with van der Waals surface area (Å²) >= 11 is 0.